The lowest BCUT2D eigenvalue weighted by molar-refractivity contribution is 0.402. The Balaban J connectivity index is 1.37. The number of hydrogen-bond donors (Lipinski definition) is 3. The summed E-state index contributed by atoms with van der Waals surface area (Å²) < 4.78 is 14.7. The molecule has 208 valence electrons. The molecule has 0 atom stereocenters. The highest BCUT2D eigenvalue weighted by Crippen LogP contribution is 2.34. The molecule has 0 spiro atoms. The van der Waals surface area contributed by atoms with Crippen molar-refractivity contribution in [1.29, 1.82) is 0 Å². The van der Waals surface area contributed by atoms with Gasteiger partial charge in [0, 0.05) is 54.9 Å². The topological polar surface area (TPSA) is 102 Å². The zero-order chi connectivity index (χ0) is 28.5. The van der Waals surface area contributed by atoms with Crippen molar-refractivity contribution in [3.05, 3.63) is 78.5 Å². The second kappa shape index (κ2) is 11.1. The van der Waals surface area contributed by atoms with E-state index >= 15 is 0 Å². The van der Waals surface area contributed by atoms with Gasteiger partial charge in [0.25, 0.3) is 0 Å². The largest absolute Gasteiger partial charge is 0.384 e. The molecule has 0 bridgehead atoms. The Labute approximate surface area is 237 Å². The summed E-state index contributed by atoms with van der Waals surface area (Å²) in [4.78, 5) is 21.5. The summed E-state index contributed by atoms with van der Waals surface area (Å²) in [5.41, 5.74) is 8.99. The first-order valence-electron chi connectivity index (χ1n) is 13.5. The van der Waals surface area contributed by atoms with E-state index in [1.54, 1.807) is 12.3 Å². The second-order valence-electron chi connectivity index (χ2n) is 10.7. The van der Waals surface area contributed by atoms with Crippen molar-refractivity contribution in [2.24, 2.45) is 0 Å². The number of halogens is 1. The molecule has 10 heteroatoms. The van der Waals surface area contributed by atoms with Gasteiger partial charge in [-0.15, -0.1) is 0 Å². The van der Waals surface area contributed by atoms with Gasteiger partial charge in [-0.1, -0.05) is 0 Å². The lowest BCUT2D eigenvalue weighted by Crippen LogP contribution is -2.20. The SMILES string of the molecule is CN(C)CCNc1cc(F)cc(-c2ccnc3[nH]c(-c4n[nH]c5ccc(-c6cncc(CN(C)C)c6)nc45)cc23)c1. The number of anilines is 1. The zero-order valence-corrected chi connectivity index (χ0v) is 23.5. The van der Waals surface area contributed by atoms with Crippen molar-refractivity contribution in [3.8, 4) is 33.8 Å². The molecular weight excluding hydrogens is 517 g/mol. The summed E-state index contributed by atoms with van der Waals surface area (Å²) in [5.74, 6) is -0.297. The van der Waals surface area contributed by atoms with E-state index < -0.39 is 0 Å². The quantitative estimate of drug-likeness (QED) is 0.222. The normalized spacial score (nSPS) is 11.8. The average Bonchev–Trinajstić information content (AvgIpc) is 3.56. The third-order valence-electron chi connectivity index (χ3n) is 6.88. The van der Waals surface area contributed by atoms with Gasteiger partial charge in [-0.2, -0.15) is 5.10 Å². The number of pyridine rings is 3. The maximum absolute atomic E-state index is 14.7. The van der Waals surface area contributed by atoms with Crippen LogP contribution in [-0.4, -0.2) is 81.2 Å². The number of aromatic nitrogens is 6. The van der Waals surface area contributed by atoms with Crippen LogP contribution in [0.25, 0.3) is 55.8 Å². The molecule has 0 saturated heterocycles. The number of rotatable bonds is 9. The number of nitrogens with one attached hydrogen (secondary N) is 3. The van der Waals surface area contributed by atoms with Crippen molar-refractivity contribution >= 4 is 27.8 Å². The molecule has 6 aromatic rings. The highest BCUT2D eigenvalue weighted by atomic mass is 19.1. The van der Waals surface area contributed by atoms with E-state index in [1.807, 2.05) is 70.9 Å². The monoisotopic (exact) mass is 549 g/mol. The van der Waals surface area contributed by atoms with Crippen molar-refractivity contribution in [2.45, 2.75) is 6.54 Å². The Morgan fingerprint density at radius 1 is 0.927 bits per heavy atom. The van der Waals surface area contributed by atoms with Gasteiger partial charge in [0.2, 0.25) is 0 Å². The lowest BCUT2D eigenvalue weighted by Gasteiger charge is -2.13. The van der Waals surface area contributed by atoms with E-state index in [-0.39, 0.29) is 5.82 Å². The fourth-order valence-electron chi connectivity index (χ4n) is 5.00. The van der Waals surface area contributed by atoms with Crippen molar-refractivity contribution in [3.63, 3.8) is 0 Å². The van der Waals surface area contributed by atoms with Crippen LogP contribution in [0.3, 0.4) is 0 Å². The van der Waals surface area contributed by atoms with Gasteiger partial charge < -0.3 is 20.1 Å². The molecule has 0 amide bonds. The molecule has 5 aromatic heterocycles. The molecule has 9 nitrogen and oxygen atoms in total. The van der Waals surface area contributed by atoms with Crippen molar-refractivity contribution in [1.82, 2.24) is 39.9 Å². The summed E-state index contributed by atoms with van der Waals surface area (Å²) >= 11 is 0. The lowest BCUT2D eigenvalue weighted by atomic mass is 10.0. The third-order valence-corrected chi connectivity index (χ3v) is 6.88. The van der Waals surface area contributed by atoms with Crippen LogP contribution < -0.4 is 5.32 Å². The van der Waals surface area contributed by atoms with Crippen molar-refractivity contribution < 1.29 is 4.39 Å². The van der Waals surface area contributed by atoms with Gasteiger partial charge in [0.15, 0.2) is 0 Å². The molecule has 41 heavy (non-hydrogen) atoms. The number of hydrogen-bond acceptors (Lipinski definition) is 7. The minimum absolute atomic E-state index is 0.297. The van der Waals surface area contributed by atoms with Gasteiger partial charge in [0.05, 0.1) is 16.9 Å². The van der Waals surface area contributed by atoms with E-state index in [9.17, 15) is 4.39 Å². The molecule has 0 aliphatic carbocycles. The molecule has 0 aliphatic rings. The van der Waals surface area contributed by atoms with Crippen molar-refractivity contribution in [2.75, 3.05) is 46.6 Å². The van der Waals surface area contributed by atoms with Crippen LogP contribution in [0, 0.1) is 5.82 Å². The van der Waals surface area contributed by atoms with Crippen LogP contribution in [0.2, 0.25) is 0 Å². The zero-order valence-electron chi connectivity index (χ0n) is 23.5. The molecule has 0 saturated carbocycles. The van der Waals surface area contributed by atoms with Crippen LogP contribution in [0.4, 0.5) is 10.1 Å². The van der Waals surface area contributed by atoms with E-state index in [0.717, 1.165) is 68.8 Å². The standard InChI is InChI=1S/C31H32FN9/c1-40(2)10-9-34-23-13-20(12-22(32)14-23)24-7-8-35-31-25(24)15-28(37-31)30-29-27(38-39-30)6-5-26(36-29)21-11-19(16-33-17-21)18-41(3)4/h5-8,11-17,34H,9-10,18H2,1-4H3,(H,35,37)(H,38,39). The minimum Gasteiger partial charge on any atom is -0.384 e. The fourth-order valence-corrected chi connectivity index (χ4v) is 5.00. The predicted molar refractivity (Wildman–Crippen MR) is 162 cm³/mol. The molecule has 0 unspecified atom stereocenters. The first kappa shape index (κ1) is 26.5. The Morgan fingerprint density at radius 3 is 2.63 bits per heavy atom. The molecule has 3 N–H and O–H groups in total. The summed E-state index contributed by atoms with van der Waals surface area (Å²) in [6.45, 7) is 2.36. The maximum atomic E-state index is 14.7. The fraction of sp³-hybridized carbons (Fsp3) is 0.226. The summed E-state index contributed by atoms with van der Waals surface area (Å²) in [6.07, 6.45) is 5.44. The van der Waals surface area contributed by atoms with E-state index in [2.05, 4.69) is 46.3 Å². The molecule has 0 fully saturated rings. The smallest absolute Gasteiger partial charge is 0.138 e. The number of nitrogens with zero attached hydrogens (tertiary/aromatic N) is 6. The Hall–Kier alpha value is -4.67. The molecule has 5 heterocycles. The van der Waals surface area contributed by atoms with Gasteiger partial charge in [-0.25, -0.2) is 14.4 Å². The predicted octanol–water partition coefficient (Wildman–Crippen LogP) is 5.40. The van der Waals surface area contributed by atoms with Gasteiger partial charge in [-0.3, -0.25) is 10.1 Å². The van der Waals surface area contributed by atoms with E-state index in [1.165, 1.54) is 6.07 Å². The Morgan fingerprint density at radius 2 is 1.80 bits per heavy atom. The number of H-pyrrole nitrogens is 2. The first-order valence-corrected chi connectivity index (χ1v) is 13.5. The number of likely N-dealkylation sites (N-methyl/N-ethyl adjacent to an activating group) is 1. The maximum Gasteiger partial charge on any atom is 0.138 e. The molecule has 0 aliphatic heterocycles. The van der Waals surface area contributed by atoms with Crippen LogP contribution in [0.1, 0.15) is 5.56 Å². The Bertz CT molecular complexity index is 1840. The average molecular weight is 550 g/mol. The van der Waals surface area contributed by atoms with Crippen LogP contribution in [0.15, 0.2) is 67.1 Å². The first-order chi connectivity index (χ1) is 19.8. The molecular formula is C31H32FN9. The Kier molecular flexibility index (Phi) is 7.17. The van der Waals surface area contributed by atoms with E-state index in [4.69, 9.17) is 4.98 Å². The van der Waals surface area contributed by atoms with Crippen LogP contribution in [-0.2, 0) is 6.54 Å². The number of aromatic amines is 2. The highest BCUT2D eigenvalue weighted by Gasteiger charge is 2.17. The molecule has 1 aromatic carbocycles. The number of fused-ring (bicyclic) bond motifs is 2. The minimum atomic E-state index is -0.297. The summed E-state index contributed by atoms with van der Waals surface area (Å²) in [7, 11) is 8.09. The summed E-state index contributed by atoms with van der Waals surface area (Å²) in [5, 5.41) is 11.9. The van der Waals surface area contributed by atoms with Gasteiger partial charge in [0.1, 0.15) is 22.7 Å². The third kappa shape index (κ3) is 5.65. The van der Waals surface area contributed by atoms with Gasteiger partial charge >= 0.3 is 0 Å². The van der Waals surface area contributed by atoms with E-state index in [0.29, 0.717) is 17.9 Å². The van der Waals surface area contributed by atoms with Gasteiger partial charge in [-0.05, 0) is 93.4 Å². The molecule has 6 rings (SSSR count). The highest BCUT2D eigenvalue weighted by molar-refractivity contribution is 5.99. The number of benzene rings is 1. The second-order valence-corrected chi connectivity index (χ2v) is 10.7. The van der Waals surface area contributed by atoms with Crippen LogP contribution in [0.5, 0.6) is 0 Å². The summed E-state index contributed by atoms with van der Waals surface area (Å²) in [6, 6.07) is 15.0. The molecule has 0 radical (unpaired) electrons. The van der Waals surface area contributed by atoms with Crippen LogP contribution >= 0.6 is 0 Å².